The van der Waals surface area contributed by atoms with Crippen molar-refractivity contribution >= 4 is 27.3 Å². The van der Waals surface area contributed by atoms with Gasteiger partial charge in [0.1, 0.15) is 16.6 Å². The number of ether oxygens (including phenoxy) is 1. The van der Waals surface area contributed by atoms with Gasteiger partial charge in [0.05, 0.1) is 0 Å². The molecule has 0 spiro atoms. The van der Waals surface area contributed by atoms with Gasteiger partial charge in [-0.2, -0.15) is 0 Å². The van der Waals surface area contributed by atoms with E-state index in [0.717, 1.165) is 33.6 Å². The van der Waals surface area contributed by atoms with Crippen LogP contribution in [0.25, 0.3) is 0 Å². The predicted octanol–water partition coefficient (Wildman–Crippen LogP) is 4.37. The summed E-state index contributed by atoms with van der Waals surface area (Å²) in [6.45, 7) is 6.30. The van der Waals surface area contributed by atoms with E-state index in [4.69, 9.17) is 4.74 Å². The average molecular weight is 416 g/mol. The van der Waals surface area contributed by atoms with Gasteiger partial charge in [0.2, 0.25) is 0 Å². The summed E-state index contributed by atoms with van der Waals surface area (Å²) in [6, 6.07) is 14.0. The first-order valence-corrected chi connectivity index (χ1v) is 11.0. The highest BCUT2D eigenvalue weighted by Gasteiger charge is 2.20. The number of carbonyl (C=O) groups is 1. The molecule has 0 aliphatic rings. The molecule has 7 heteroatoms. The van der Waals surface area contributed by atoms with Crippen LogP contribution >= 0.6 is 11.3 Å². The van der Waals surface area contributed by atoms with Crippen molar-refractivity contribution in [1.82, 2.24) is 4.72 Å². The highest BCUT2D eigenvalue weighted by Crippen LogP contribution is 2.23. The van der Waals surface area contributed by atoms with Crippen LogP contribution in [0, 0.1) is 20.8 Å². The standard InChI is InChI=1S/C21H21NO4S2/c1-14-6-4-7-15(2)18(14)13-26-19-12-17(10-9-16(19)3)21(23)22-28(24,25)20-8-5-11-27-20/h4-12H,13H2,1-3H3,(H,22,23). The molecule has 3 rings (SSSR count). The Bertz CT molecular complexity index is 1080. The van der Waals surface area contributed by atoms with Crippen LogP contribution < -0.4 is 9.46 Å². The maximum atomic E-state index is 12.5. The smallest absolute Gasteiger partial charge is 0.273 e. The molecule has 0 atom stereocenters. The number of hydrogen-bond donors (Lipinski definition) is 1. The summed E-state index contributed by atoms with van der Waals surface area (Å²) in [6.07, 6.45) is 0. The molecule has 5 nitrogen and oxygen atoms in total. The molecule has 0 aliphatic heterocycles. The second kappa shape index (κ2) is 8.16. The third-order valence-corrected chi connectivity index (χ3v) is 7.18. The Morgan fingerprint density at radius 1 is 1.00 bits per heavy atom. The molecule has 0 radical (unpaired) electrons. The second-order valence-electron chi connectivity index (χ2n) is 6.51. The van der Waals surface area contributed by atoms with E-state index in [0.29, 0.717) is 12.4 Å². The quantitative estimate of drug-likeness (QED) is 0.649. The summed E-state index contributed by atoms with van der Waals surface area (Å²) in [5.74, 6) is -0.144. The lowest BCUT2D eigenvalue weighted by atomic mass is 10.0. The van der Waals surface area contributed by atoms with Crippen LogP contribution in [0.5, 0.6) is 5.75 Å². The summed E-state index contributed by atoms with van der Waals surface area (Å²) in [7, 11) is -3.88. The van der Waals surface area contributed by atoms with Crippen molar-refractivity contribution in [3.8, 4) is 5.75 Å². The molecule has 2 aromatic carbocycles. The SMILES string of the molecule is Cc1ccc(C(=O)NS(=O)(=O)c2cccs2)cc1OCc1c(C)cccc1C. The van der Waals surface area contributed by atoms with Crippen molar-refractivity contribution in [2.45, 2.75) is 31.6 Å². The van der Waals surface area contributed by atoms with Gasteiger partial charge in [-0.25, -0.2) is 13.1 Å². The van der Waals surface area contributed by atoms with Gasteiger partial charge < -0.3 is 4.74 Å². The predicted molar refractivity (Wildman–Crippen MR) is 110 cm³/mol. The van der Waals surface area contributed by atoms with Crippen molar-refractivity contribution in [3.05, 3.63) is 81.7 Å². The molecular formula is C21H21NO4S2. The Hall–Kier alpha value is -2.64. The van der Waals surface area contributed by atoms with Gasteiger partial charge in [-0.15, -0.1) is 11.3 Å². The highest BCUT2D eigenvalue weighted by atomic mass is 32.2. The van der Waals surface area contributed by atoms with Crippen molar-refractivity contribution < 1.29 is 17.9 Å². The van der Waals surface area contributed by atoms with Crippen molar-refractivity contribution in [2.24, 2.45) is 0 Å². The van der Waals surface area contributed by atoms with Gasteiger partial charge in [-0.3, -0.25) is 4.79 Å². The van der Waals surface area contributed by atoms with Crippen molar-refractivity contribution in [1.29, 1.82) is 0 Å². The number of carbonyl (C=O) groups excluding carboxylic acids is 1. The maximum Gasteiger partial charge on any atom is 0.273 e. The van der Waals surface area contributed by atoms with Crippen LogP contribution in [-0.2, 0) is 16.6 Å². The molecule has 3 aromatic rings. The molecule has 0 saturated heterocycles. The van der Waals surface area contributed by atoms with E-state index < -0.39 is 15.9 Å². The molecule has 28 heavy (non-hydrogen) atoms. The third-order valence-electron chi connectivity index (χ3n) is 4.45. The normalized spacial score (nSPS) is 11.2. The van der Waals surface area contributed by atoms with Crippen molar-refractivity contribution in [3.63, 3.8) is 0 Å². The zero-order valence-electron chi connectivity index (χ0n) is 15.9. The molecule has 0 saturated carbocycles. The van der Waals surface area contributed by atoms with Gasteiger partial charge in [-0.05, 0) is 66.6 Å². The number of thiophene rings is 1. The summed E-state index contributed by atoms with van der Waals surface area (Å²) in [5, 5.41) is 1.64. The van der Waals surface area contributed by atoms with E-state index in [2.05, 4.69) is 4.72 Å². The fraction of sp³-hybridized carbons (Fsp3) is 0.190. The van der Waals surface area contributed by atoms with E-state index in [1.165, 1.54) is 6.07 Å². The van der Waals surface area contributed by atoms with Gasteiger partial charge >= 0.3 is 0 Å². The molecule has 1 heterocycles. The monoisotopic (exact) mass is 415 g/mol. The van der Waals surface area contributed by atoms with Gasteiger partial charge in [-0.1, -0.05) is 30.3 Å². The number of nitrogens with one attached hydrogen (secondary N) is 1. The number of aryl methyl sites for hydroxylation is 3. The molecule has 0 unspecified atom stereocenters. The van der Waals surface area contributed by atoms with Crippen LogP contribution in [0.1, 0.15) is 32.6 Å². The molecule has 1 amide bonds. The van der Waals surface area contributed by atoms with Crippen LogP contribution in [0.3, 0.4) is 0 Å². The summed E-state index contributed by atoms with van der Waals surface area (Å²) < 4.78 is 32.7. The summed E-state index contributed by atoms with van der Waals surface area (Å²) in [5.41, 5.74) is 4.45. The fourth-order valence-electron chi connectivity index (χ4n) is 2.77. The van der Waals surface area contributed by atoms with Crippen LogP contribution in [0.15, 0.2) is 58.1 Å². The Labute approximate surface area is 169 Å². The Morgan fingerprint density at radius 3 is 2.36 bits per heavy atom. The largest absolute Gasteiger partial charge is 0.489 e. The Morgan fingerprint density at radius 2 is 1.71 bits per heavy atom. The maximum absolute atomic E-state index is 12.5. The number of rotatable bonds is 6. The number of sulfonamides is 1. The van der Waals surface area contributed by atoms with E-state index in [1.807, 2.05) is 39.0 Å². The molecule has 146 valence electrons. The number of amides is 1. The van der Waals surface area contributed by atoms with Crippen molar-refractivity contribution in [2.75, 3.05) is 0 Å². The van der Waals surface area contributed by atoms with E-state index in [-0.39, 0.29) is 9.77 Å². The Balaban J connectivity index is 1.78. The minimum absolute atomic E-state index is 0.0967. The minimum atomic E-state index is -3.88. The molecule has 0 aliphatic carbocycles. The molecular weight excluding hydrogens is 394 g/mol. The molecule has 0 bridgehead atoms. The number of hydrogen-bond acceptors (Lipinski definition) is 5. The van der Waals surface area contributed by atoms with Crippen LogP contribution in [-0.4, -0.2) is 14.3 Å². The second-order valence-corrected chi connectivity index (χ2v) is 9.36. The molecule has 1 aromatic heterocycles. The lowest BCUT2D eigenvalue weighted by Gasteiger charge is -2.14. The molecule has 1 N–H and O–H groups in total. The van der Waals surface area contributed by atoms with Gasteiger partial charge in [0.15, 0.2) is 0 Å². The topological polar surface area (TPSA) is 72.5 Å². The van der Waals surface area contributed by atoms with E-state index >= 15 is 0 Å². The first-order chi connectivity index (χ1) is 13.3. The fourth-order valence-corrected chi connectivity index (χ4v) is 4.74. The van der Waals surface area contributed by atoms with E-state index in [9.17, 15) is 13.2 Å². The molecule has 0 fully saturated rings. The lowest BCUT2D eigenvalue weighted by Crippen LogP contribution is -2.30. The van der Waals surface area contributed by atoms with Crippen LogP contribution in [0.4, 0.5) is 0 Å². The average Bonchev–Trinajstić information content (AvgIpc) is 3.18. The summed E-state index contributed by atoms with van der Waals surface area (Å²) >= 11 is 1.05. The lowest BCUT2D eigenvalue weighted by molar-refractivity contribution is 0.0981. The van der Waals surface area contributed by atoms with Gasteiger partial charge in [0, 0.05) is 5.56 Å². The third kappa shape index (κ3) is 4.43. The Kier molecular flexibility index (Phi) is 5.86. The minimum Gasteiger partial charge on any atom is -0.489 e. The first kappa shape index (κ1) is 20.1. The number of benzene rings is 2. The van der Waals surface area contributed by atoms with Gasteiger partial charge in [0.25, 0.3) is 15.9 Å². The zero-order valence-corrected chi connectivity index (χ0v) is 17.5. The van der Waals surface area contributed by atoms with E-state index in [1.54, 1.807) is 29.6 Å². The van der Waals surface area contributed by atoms with Crippen LogP contribution in [0.2, 0.25) is 0 Å². The zero-order chi connectivity index (χ0) is 20.3. The summed E-state index contributed by atoms with van der Waals surface area (Å²) in [4.78, 5) is 12.5. The highest BCUT2D eigenvalue weighted by molar-refractivity contribution is 7.92. The first-order valence-electron chi connectivity index (χ1n) is 8.67.